The Morgan fingerprint density at radius 1 is 1.14 bits per heavy atom. The molecule has 5 nitrogen and oxygen atoms in total. The second-order valence-electron chi connectivity index (χ2n) is 8.11. The van der Waals surface area contributed by atoms with E-state index in [-0.39, 0.29) is 5.91 Å². The lowest BCUT2D eigenvalue weighted by molar-refractivity contribution is -0.134. The van der Waals surface area contributed by atoms with Crippen LogP contribution in [0.1, 0.15) is 62.4 Å². The predicted molar refractivity (Wildman–Crippen MR) is 101 cm³/mol. The number of carbonyl (C=O) groups is 1. The van der Waals surface area contributed by atoms with Crippen LogP contribution in [0.2, 0.25) is 0 Å². The highest BCUT2D eigenvalue weighted by Gasteiger charge is 2.49. The van der Waals surface area contributed by atoms with Crippen LogP contribution in [0.25, 0.3) is 0 Å². The van der Waals surface area contributed by atoms with E-state index in [0.29, 0.717) is 24.7 Å². The summed E-state index contributed by atoms with van der Waals surface area (Å²) < 4.78 is 30.3. The van der Waals surface area contributed by atoms with Crippen molar-refractivity contribution < 1.29 is 13.6 Å². The Morgan fingerprint density at radius 2 is 1.89 bits per heavy atom. The van der Waals surface area contributed by atoms with Crippen molar-refractivity contribution >= 4 is 5.91 Å². The highest BCUT2D eigenvalue weighted by atomic mass is 19.3. The zero-order chi connectivity index (χ0) is 19.6. The van der Waals surface area contributed by atoms with Crippen molar-refractivity contribution in [2.24, 2.45) is 5.92 Å². The Hall–Kier alpha value is -2.31. The largest absolute Gasteiger partial charge is 0.326 e. The van der Waals surface area contributed by atoms with Crippen molar-refractivity contribution in [3.05, 3.63) is 48.0 Å². The van der Waals surface area contributed by atoms with E-state index in [0.717, 1.165) is 31.2 Å². The normalized spacial score (nSPS) is 22.5. The van der Waals surface area contributed by atoms with Crippen LogP contribution in [0.4, 0.5) is 8.78 Å². The van der Waals surface area contributed by atoms with Gasteiger partial charge in [0.15, 0.2) is 5.82 Å². The van der Waals surface area contributed by atoms with E-state index in [1.807, 2.05) is 30.3 Å². The molecule has 1 aromatic carbocycles. The first-order valence-corrected chi connectivity index (χ1v) is 10.1. The number of rotatable bonds is 5. The lowest BCUT2D eigenvalue weighted by Crippen LogP contribution is -2.35. The fraction of sp³-hybridized carbons (Fsp3) is 0.571. The molecule has 2 fully saturated rings. The van der Waals surface area contributed by atoms with Crippen LogP contribution in [-0.4, -0.2) is 38.0 Å². The highest BCUT2D eigenvalue weighted by Crippen LogP contribution is 2.41. The Balaban J connectivity index is 1.53. The topological polar surface area (TPSA) is 51.0 Å². The third-order valence-electron chi connectivity index (χ3n) is 5.92. The molecule has 2 aliphatic rings. The predicted octanol–water partition coefficient (Wildman–Crippen LogP) is 4.21. The number of alkyl halides is 2. The number of amides is 1. The first-order chi connectivity index (χ1) is 13.5. The second-order valence-corrected chi connectivity index (χ2v) is 8.11. The van der Waals surface area contributed by atoms with Gasteiger partial charge in [-0.3, -0.25) is 4.79 Å². The van der Waals surface area contributed by atoms with Gasteiger partial charge in [0.25, 0.3) is 5.92 Å². The number of halogens is 2. The molecular formula is C21H26F2N4O. The molecule has 4 rings (SSSR count). The number of nitrogens with zero attached hydrogens (tertiary/aromatic N) is 4. The number of aromatic nitrogens is 3. The first kappa shape index (κ1) is 19.0. The van der Waals surface area contributed by atoms with Gasteiger partial charge in [-0.05, 0) is 24.3 Å². The molecule has 7 heteroatoms. The lowest BCUT2D eigenvalue weighted by atomic mass is 9.86. The standard InChI is InChI=1S/C21H26F2N4O/c22-21(23)12-18(27(14-21)19(28)11-16-7-3-1-4-8-16)20-25-24-15-26(20)13-17-9-5-2-6-10-17/h2,5-6,9-10,15-16,18H,1,3-4,7-8,11-14H2. The Labute approximate surface area is 163 Å². The van der Waals surface area contributed by atoms with E-state index in [1.54, 1.807) is 10.9 Å². The molecule has 1 aliphatic heterocycles. The van der Waals surface area contributed by atoms with Gasteiger partial charge in [0.05, 0.1) is 19.1 Å². The van der Waals surface area contributed by atoms with Crippen molar-refractivity contribution in [2.75, 3.05) is 6.54 Å². The molecule has 1 aromatic heterocycles. The van der Waals surface area contributed by atoms with Crippen molar-refractivity contribution in [1.29, 1.82) is 0 Å². The maximum absolute atomic E-state index is 14.3. The van der Waals surface area contributed by atoms with E-state index in [2.05, 4.69) is 10.2 Å². The van der Waals surface area contributed by atoms with Crippen LogP contribution in [0.15, 0.2) is 36.7 Å². The van der Waals surface area contributed by atoms with E-state index >= 15 is 0 Å². The summed E-state index contributed by atoms with van der Waals surface area (Å²) in [6, 6.07) is 9.02. The fourth-order valence-corrected chi connectivity index (χ4v) is 4.49. The summed E-state index contributed by atoms with van der Waals surface area (Å²) in [5.74, 6) is -2.31. The number of carbonyl (C=O) groups excluding carboxylic acids is 1. The minimum absolute atomic E-state index is 0.177. The van der Waals surface area contributed by atoms with Crippen LogP contribution in [0, 0.1) is 5.92 Å². The molecule has 150 valence electrons. The van der Waals surface area contributed by atoms with Gasteiger partial charge in [0.2, 0.25) is 5.91 Å². The number of hydrogen-bond donors (Lipinski definition) is 0. The van der Waals surface area contributed by atoms with E-state index in [1.165, 1.54) is 11.3 Å². The van der Waals surface area contributed by atoms with Crippen molar-refractivity contribution in [3.63, 3.8) is 0 Å². The van der Waals surface area contributed by atoms with Gasteiger partial charge in [-0.25, -0.2) is 8.78 Å². The number of likely N-dealkylation sites (tertiary alicyclic amines) is 1. The second kappa shape index (κ2) is 7.97. The van der Waals surface area contributed by atoms with E-state index < -0.39 is 24.9 Å². The van der Waals surface area contributed by atoms with E-state index in [9.17, 15) is 13.6 Å². The zero-order valence-electron chi connectivity index (χ0n) is 15.9. The molecule has 0 radical (unpaired) electrons. The van der Waals surface area contributed by atoms with Crippen LogP contribution < -0.4 is 0 Å². The molecule has 1 aliphatic carbocycles. The average Bonchev–Trinajstić information content (AvgIpc) is 3.26. The van der Waals surface area contributed by atoms with Crippen LogP contribution >= 0.6 is 0 Å². The minimum Gasteiger partial charge on any atom is -0.326 e. The molecule has 0 bridgehead atoms. The lowest BCUT2D eigenvalue weighted by Gasteiger charge is -2.27. The summed E-state index contributed by atoms with van der Waals surface area (Å²) in [5, 5.41) is 8.08. The smallest absolute Gasteiger partial charge is 0.267 e. The molecule has 0 N–H and O–H groups in total. The summed E-state index contributed by atoms with van der Waals surface area (Å²) in [4.78, 5) is 14.3. The number of benzene rings is 1. The third kappa shape index (κ3) is 4.23. The fourth-order valence-electron chi connectivity index (χ4n) is 4.49. The van der Waals surface area contributed by atoms with Gasteiger partial charge in [0.1, 0.15) is 6.33 Å². The van der Waals surface area contributed by atoms with E-state index in [4.69, 9.17) is 0 Å². The van der Waals surface area contributed by atoms with Crippen molar-refractivity contribution in [2.45, 2.75) is 63.5 Å². The molecule has 1 saturated heterocycles. The molecule has 2 aromatic rings. The molecule has 0 spiro atoms. The minimum atomic E-state index is -2.89. The van der Waals surface area contributed by atoms with Gasteiger partial charge < -0.3 is 9.47 Å². The summed E-state index contributed by atoms with van der Waals surface area (Å²) in [7, 11) is 0. The van der Waals surface area contributed by atoms with Crippen LogP contribution in [0.5, 0.6) is 0 Å². The molecule has 1 atom stereocenters. The van der Waals surface area contributed by atoms with Crippen molar-refractivity contribution in [1.82, 2.24) is 19.7 Å². The van der Waals surface area contributed by atoms with Crippen LogP contribution in [0.3, 0.4) is 0 Å². The summed E-state index contributed by atoms with van der Waals surface area (Å²) in [6.07, 6.45) is 7.03. The van der Waals surface area contributed by atoms with Crippen molar-refractivity contribution in [3.8, 4) is 0 Å². The Bertz CT molecular complexity index is 802. The quantitative estimate of drug-likeness (QED) is 0.771. The third-order valence-corrected chi connectivity index (χ3v) is 5.92. The average molecular weight is 388 g/mol. The molecular weight excluding hydrogens is 362 g/mol. The maximum Gasteiger partial charge on any atom is 0.267 e. The monoisotopic (exact) mass is 388 g/mol. The Kier molecular flexibility index (Phi) is 5.42. The summed E-state index contributed by atoms with van der Waals surface area (Å²) in [6.45, 7) is -0.0304. The highest BCUT2D eigenvalue weighted by molar-refractivity contribution is 5.77. The molecule has 2 heterocycles. The zero-order valence-corrected chi connectivity index (χ0v) is 15.9. The van der Waals surface area contributed by atoms with Gasteiger partial charge in [-0.15, -0.1) is 10.2 Å². The van der Waals surface area contributed by atoms with Gasteiger partial charge in [-0.1, -0.05) is 49.6 Å². The number of hydrogen-bond acceptors (Lipinski definition) is 3. The molecule has 1 saturated carbocycles. The molecule has 1 amide bonds. The van der Waals surface area contributed by atoms with Gasteiger partial charge in [0, 0.05) is 12.8 Å². The van der Waals surface area contributed by atoms with Gasteiger partial charge >= 0.3 is 0 Å². The summed E-state index contributed by atoms with van der Waals surface area (Å²) in [5.41, 5.74) is 1.04. The Morgan fingerprint density at radius 3 is 2.64 bits per heavy atom. The van der Waals surface area contributed by atoms with Crippen LogP contribution in [-0.2, 0) is 11.3 Å². The molecule has 1 unspecified atom stereocenters. The summed E-state index contributed by atoms with van der Waals surface area (Å²) >= 11 is 0. The molecule has 28 heavy (non-hydrogen) atoms. The van der Waals surface area contributed by atoms with Gasteiger partial charge in [-0.2, -0.15) is 0 Å². The maximum atomic E-state index is 14.3. The first-order valence-electron chi connectivity index (χ1n) is 10.1. The SMILES string of the molecule is O=C(CC1CCCCC1)N1CC(F)(F)CC1c1nncn1Cc1ccccc1.